The van der Waals surface area contributed by atoms with Crippen molar-refractivity contribution in [1.29, 1.82) is 0 Å². The van der Waals surface area contributed by atoms with Gasteiger partial charge in [-0.2, -0.15) is 0 Å². The Morgan fingerprint density at radius 2 is 2.00 bits per heavy atom. The maximum absolute atomic E-state index is 12.1. The molecule has 0 amide bonds. The van der Waals surface area contributed by atoms with Crippen molar-refractivity contribution in [2.75, 3.05) is 18.4 Å². The molecule has 0 spiro atoms. The molecule has 2 rings (SSSR count). The molecule has 0 saturated heterocycles. The summed E-state index contributed by atoms with van der Waals surface area (Å²) in [6.45, 7) is 5.36. The predicted octanol–water partition coefficient (Wildman–Crippen LogP) is 1.62. The minimum Gasteiger partial charge on any atom is -0.354 e. The van der Waals surface area contributed by atoms with E-state index in [9.17, 15) is 8.42 Å². The largest absolute Gasteiger partial charge is 0.354 e. The maximum atomic E-state index is 12.1. The van der Waals surface area contributed by atoms with Gasteiger partial charge in [0.15, 0.2) is 0 Å². The highest BCUT2D eigenvalue weighted by atomic mass is 32.2. The molecule has 112 valence electrons. The number of nitrogens with one attached hydrogen (secondary N) is 2. The second-order valence-electron chi connectivity index (χ2n) is 5.34. The van der Waals surface area contributed by atoms with Crippen LogP contribution in [-0.2, 0) is 10.0 Å². The average Bonchev–Trinajstić information content (AvgIpc) is 3.27. The molecule has 0 aromatic carbocycles. The van der Waals surface area contributed by atoms with Crippen LogP contribution in [0.2, 0.25) is 0 Å². The summed E-state index contributed by atoms with van der Waals surface area (Å²) in [6.07, 6.45) is 6.07. The Morgan fingerprint density at radius 3 is 2.55 bits per heavy atom. The van der Waals surface area contributed by atoms with E-state index >= 15 is 0 Å². The number of hydrogen-bond donors (Lipinski definition) is 2. The number of hydrogen-bond acceptors (Lipinski definition) is 5. The molecule has 6 nitrogen and oxygen atoms in total. The third kappa shape index (κ3) is 4.14. The number of rotatable bonds is 8. The minimum atomic E-state index is -3.50. The van der Waals surface area contributed by atoms with Crippen molar-refractivity contribution < 1.29 is 8.42 Å². The number of anilines is 1. The molecule has 0 radical (unpaired) electrons. The monoisotopic (exact) mass is 298 g/mol. The Labute approximate surface area is 120 Å². The molecular formula is C13H22N4O2S. The molecule has 7 heteroatoms. The van der Waals surface area contributed by atoms with E-state index in [2.05, 4.69) is 26.9 Å². The molecule has 1 heterocycles. The van der Waals surface area contributed by atoms with Crippen molar-refractivity contribution in [2.24, 2.45) is 11.8 Å². The van der Waals surface area contributed by atoms with E-state index in [0.717, 1.165) is 13.0 Å². The maximum Gasteiger partial charge on any atom is 0.243 e. The summed E-state index contributed by atoms with van der Waals surface area (Å²) in [6, 6.07) is 0. The Bertz CT molecular complexity index is 526. The summed E-state index contributed by atoms with van der Waals surface area (Å²) in [4.78, 5) is 8.14. The highest BCUT2D eigenvalue weighted by Crippen LogP contribution is 2.36. The van der Waals surface area contributed by atoms with Crippen molar-refractivity contribution in [3.05, 3.63) is 12.4 Å². The molecule has 1 aromatic heterocycles. The molecule has 1 unspecified atom stereocenters. The van der Waals surface area contributed by atoms with Gasteiger partial charge in [0.2, 0.25) is 16.0 Å². The third-order valence-electron chi connectivity index (χ3n) is 3.49. The van der Waals surface area contributed by atoms with Crippen LogP contribution in [0.1, 0.15) is 33.1 Å². The molecule has 1 aliphatic carbocycles. The van der Waals surface area contributed by atoms with E-state index in [-0.39, 0.29) is 4.90 Å². The van der Waals surface area contributed by atoms with Gasteiger partial charge in [-0.25, -0.2) is 23.1 Å². The van der Waals surface area contributed by atoms with Gasteiger partial charge in [-0.3, -0.25) is 0 Å². The summed E-state index contributed by atoms with van der Waals surface area (Å²) in [5.41, 5.74) is 0. The van der Waals surface area contributed by atoms with Gasteiger partial charge in [-0.05, 0) is 31.1 Å². The summed E-state index contributed by atoms with van der Waals surface area (Å²) < 4.78 is 26.8. The van der Waals surface area contributed by atoms with Gasteiger partial charge in [0, 0.05) is 13.1 Å². The highest BCUT2D eigenvalue weighted by molar-refractivity contribution is 7.89. The van der Waals surface area contributed by atoms with Gasteiger partial charge in [0.05, 0.1) is 12.4 Å². The van der Waals surface area contributed by atoms with Crippen molar-refractivity contribution >= 4 is 16.0 Å². The van der Waals surface area contributed by atoms with Gasteiger partial charge in [0.1, 0.15) is 4.90 Å². The Balaban J connectivity index is 1.93. The van der Waals surface area contributed by atoms with Crippen LogP contribution in [0.5, 0.6) is 0 Å². The van der Waals surface area contributed by atoms with Crippen LogP contribution < -0.4 is 10.0 Å². The normalized spacial score (nSPS) is 16.9. The summed E-state index contributed by atoms with van der Waals surface area (Å²) in [5.74, 6) is 1.52. The first-order valence-corrected chi connectivity index (χ1v) is 8.57. The topological polar surface area (TPSA) is 84.0 Å². The molecule has 1 aromatic rings. The zero-order valence-electron chi connectivity index (χ0n) is 12.0. The van der Waals surface area contributed by atoms with Crippen LogP contribution in [0.15, 0.2) is 17.3 Å². The first kappa shape index (κ1) is 15.2. The second kappa shape index (κ2) is 6.49. The van der Waals surface area contributed by atoms with Crippen LogP contribution in [0, 0.1) is 11.8 Å². The molecule has 1 atom stereocenters. The van der Waals surface area contributed by atoms with E-state index < -0.39 is 10.0 Å². The van der Waals surface area contributed by atoms with Crippen LogP contribution in [0.3, 0.4) is 0 Å². The lowest BCUT2D eigenvalue weighted by Gasteiger charge is -2.11. The lowest BCUT2D eigenvalue weighted by molar-refractivity contribution is 0.491. The Hall–Kier alpha value is -1.21. The third-order valence-corrected chi connectivity index (χ3v) is 4.87. The molecule has 1 saturated carbocycles. The number of nitrogens with zero attached hydrogens (tertiary/aromatic N) is 2. The van der Waals surface area contributed by atoms with E-state index in [1.165, 1.54) is 25.2 Å². The molecule has 0 aliphatic heterocycles. The molecule has 2 N–H and O–H groups in total. The molecule has 0 bridgehead atoms. The summed E-state index contributed by atoms with van der Waals surface area (Å²) >= 11 is 0. The van der Waals surface area contributed by atoms with Crippen LogP contribution in [0.25, 0.3) is 0 Å². The minimum absolute atomic E-state index is 0.113. The van der Waals surface area contributed by atoms with Crippen molar-refractivity contribution in [3.8, 4) is 0 Å². The SMILES string of the molecule is CCCNc1ncc(S(=O)(=O)NCC(C)C2CC2)cn1. The predicted molar refractivity (Wildman–Crippen MR) is 77.9 cm³/mol. The fourth-order valence-electron chi connectivity index (χ4n) is 1.94. The van der Waals surface area contributed by atoms with E-state index in [1.54, 1.807) is 0 Å². The highest BCUT2D eigenvalue weighted by Gasteiger charge is 2.28. The number of aromatic nitrogens is 2. The molecule has 20 heavy (non-hydrogen) atoms. The smallest absolute Gasteiger partial charge is 0.243 e. The Morgan fingerprint density at radius 1 is 1.35 bits per heavy atom. The molecule has 1 aliphatic rings. The van der Waals surface area contributed by atoms with Crippen LogP contribution in [-0.4, -0.2) is 31.5 Å². The lowest BCUT2D eigenvalue weighted by atomic mass is 10.1. The zero-order valence-corrected chi connectivity index (χ0v) is 12.8. The lowest BCUT2D eigenvalue weighted by Crippen LogP contribution is -2.29. The first-order valence-electron chi connectivity index (χ1n) is 7.08. The Kier molecular flexibility index (Phi) is 4.93. The molecular weight excluding hydrogens is 276 g/mol. The fraction of sp³-hybridized carbons (Fsp3) is 0.692. The standard InChI is InChI=1S/C13H22N4O2S/c1-3-6-14-13-15-8-12(9-16-13)20(18,19)17-7-10(2)11-4-5-11/h8-11,17H,3-7H2,1-2H3,(H,14,15,16). The van der Waals surface area contributed by atoms with Crippen LogP contribution in [0.4, 0.5) is 5.95 Å². The molecule has 1 fully saturated rings. The van der Waals surface area contributed by atoms with Gasteiger partial charge in [-0.1, -0.05) is 13.8 Å². The van der Waals surface area contributed by atoms with E-state index in [4.69, 9.17) is 0 Å². The zero-order chi connectivity index (χ0) is 14.6. The van der Waals surface area contributed by atoms with Gasteiger partial charge in [0.25, 0.3) is 0 Å². The average molecular weight is 298 g/mol. The summed E-state index contributed by atoms with van der Waals surface area (Å²) in [7, 11) is -3.50. The van der Waals surface area contributed by atoms with Gasteiger partial charge in [-0.15, -0.1) is 0 Å². The first-order chi connectivity index (χ1) is 9.53. The second-order valence-corrected chi connectivity index (χ2v) is 7.10. The van der Waals surface area contributed by atoms with E-state index in [1.807, 2.05) is 6.92 Å². The van der Waals surface area contributed by atoms with Gasteiger partial charge < -0.3 is 5.32 Å². The quantitative estimate of drug-likeness (QED) is 0.762. The van der Waals surface area contributed by atoms with Crippen molar-refractivity contribution in [1.82, 2.24) is 14.7 Å². The van der Waals surface area contributed by atoms with Gasteiger partial charge >= 0.3 is 0 Å². The summed E-state index contributed by atoms with van der Waals surface area (Å²) in [5, 5.41) is 3.01. The number of sulfonamides is 1. The fourth-order valence-corrected chi connectivity index (χ4v) is 2.97. The van der Waals surface area contributed by atoms with Crippen molar-refractivity contribution in [3.63, 3.8) is 0 Å². The van der Waals surface area contributed by atoms with Crippen LogP contribution >= 0.6 is 0 Å². The van der Waals surface area contributed by atoms with E-state index in [0.29, 0.717) is 24.3 Å². The van der Waals surface area contributed by atoms with Crippen molar-refractivity contribution in [2.45, 2.75) is 38.0 Å².